The van der Waals surface area contributed by atoms with Gasteiger partial charge in [-0.25, -0.2) is 4.79 Å². The number of carboxylic acids is 1. The molecule has 0 aliphatic rings. The average molecular weight is 232 g/mol. The molecule has 0 radical (unpaired) electrons. The summed E-state index contributed by atoms with van der Waals surface area (Å²) in [6.07, 6.45) is 5.64. The molecular weight excluding hydrogens is 208 g/mol. The van der Waals surface area contributed by atoms with Crippen molar-refractivity contribution in [1.29, 1.82) is 0 Å². The van der Waals surface area contributed by atoms with Crippen LogP contribution >= 0.6 is 0 Å². The summed E-state index contributed by atoms with van der Waals surface area (Å²) in [5.41, 5.74) is 5.30. The number of unbranched alkanes of at least 4 members (excludes halogenated alkanes) is 1. The number of carboxylic acid groups (broad SMARTS) is 1. The van der Waals surface area contributed by atoms with Gasteiger partial charge in [0.2, 0.25) is 0 Å². The average Bonchev–Trinajstić information content (AvgIpc) is 2.24. The lowest BCUT2D eigenvalue weighted by Gasteiger charge is -2.00. The molecule has 0 spiro atoms. The fourth-order valence-corrected chi connectivity index (χ4v) is 0.866. The Balaban J connectivity index is 0. The van der Waals surface area contributed by atoms with Crippen molar-refractivity contribution in [2.75, 3.05) is 26.2 Å². The van der Waals surface area contributed by atoms with Gasteiger partial charge in [0.1, 0.15) is 0 Å². The normalized spacial score (nSPS) is 9.94. The monoisotopic (exact) mass is 232 g/mol. The number of rotatable bonds is 8. The van der Waals surface area contributed by atoms with E-state index in [0.717, 1.165) is 45.0 Å². The van der Waals surface area contributed by atoms with E-state index in [2.05, 4.69) is 5.32 Å². The molecule has 0 aromatic rings. The Hall–Kier alpha value is -0.910. The highest BCUT2D eigenvalue weighted by atomic mass is 16.4. The number of nitrogens with one attached hydrogen (secondary N) is 1. The Morgan fingerprint density at radius 2 is 1.94 bits per heavy atom. The van der Waals surface area contributed by atoms with Gasteiger partial charge >= 0.3 is 5.97 Å². The van der Waals surface area contributed by atoms with Crippen LogP contribution in [0.3, 0.4) is 0 Å². The van der Waals surface area contributed by atoms with Gasteiger partial charge in [-0.15, -0.1) is 0 Å². The fourth-order valence-electron chi connectivity index (χ4n) is 0.866. The van der Waals surface area contributed by atoms with Crippen molar-refractivity contribution in [3.05, 3.63) is 12.2 Å². The van der Waals surface area contributed by atoms with Gasteiger partial charge in [-0.05, 0) is 45.8 Å². The van der Waals surface area contributed by atoms with Crippen LogP contribution in [-0.4, -0.2) is 42.4 Å². The van der Waals surface area contributed by atoms with Crippen molar-refractivity contribution in [3.63, 3.8) is 0 Å². The molecule has 0 saturated carbocycles. The minimum atomic E-state index is -0.891. The second-order valence-electron chi connectivity index (χ2n) is 3.16. The smallest absolute Gasteiger partial charge is 0.327 e. The number of aliphatic carboxylic acids is 1. The molecule has 0 fully saturated rings. The molecule has 0 amide bonds. The van der Waals surface area contributed by atoms with Gasteiger partial charge in [-0.1, -0.05) is 6.08 Å². The number of hydrogen-bond donors (Lipinski definition) is 4. The van der Waals surface area contributed by atoms with Gasteiger partial charge in [0.15, 0.2) is 0 Å². The molecule has 0 heterocycles. The van der Waals surface area contributed by atoms with Crippen LogP contribution < -0.4 is 11.1 Å². The fraction of sp³-hybridized carbons (Fsp3) is 0.727. The third-order valence-corrected chi connectivity index (χ3v) is 1.63. The van der Waals surface area contributed by atoms with E-state index in [1.54, 1.807) is 6.92 Å². The van der Waals surface area contributed by atoms with Crippen LogP contribution in [0.4, 0.5) is 0 Å². The van der Waals surface area contributed by atoms with Crippen LogP contribution in [0, 0.1) is 0 Å². The lowest BCUT2D eigenvalue weighted by Crippen LogP contribution is -2.18. The predicted molar refractivity (Wildman–Crippen MR) is 65.3 cm³/mol. The lowest BCUT2D eigenvalue weighted by atomic mass is 10.3. The predicted octanol–water partition coefficient (Wildman–Crippen LogP) is 0.344. The van der Waals surface area contributed by atoms with Gasteiger partial charge < -0.3 is 21.3 Å². The Kier molecular flexibility index (Phi) is 18.0. The number of carbonyl (C=O) groups is 1. The van der Waals surface area contributed by atoms with Crippen molar-refractivity contribution in [2.24, 2.45) is 5.73 Å². The van der Waals surface area contributed by atoms with E-state index in [9.17, 15) is 4.79 Å². The standard InChI is InChI=1S/C7H18N2O.C4H6O2/c8-4-1-2-5-9-6-3-7-10;1-2-3-4(5)6/h9-10H,1-8H2;2-3H,1H3,(H,5,6)/b;3-2+. The maximum absolute atomic E-state index is 9.51. The van der Waals surface area contributed by atoms with E-state index in [4.69, 9.17) is 15.9 Å². The molecule has 0 unspecified atom stereocenters. The van der Waals surface area contributed by atoms with E-state index >= 15 is 0 Å². The van der Waals surface area contributed by atoms with E-state index in [0.29, 0.717) is 0 Å². The first-order chi connectivity index (χ1) is 7.68. The molecule has 0 atom stereocenters. The number of hydrogen-bond acceptors (Lipinski definition) is 4. The summed E-state index contributed by atoms with van der Waals surface area (Å²) < 4.78 is 0. The first-order valence-corrected chi connectivity index (χ1v) is 5.56. The Morgan fingerprint density at radius 3 is 2.31 bits per heavy atom. The summed E-state index contributed by atoms with van der Waals surface area (Å²) in [7, 11) is 0. The lowest BCUT2D eigenvalue weighted by molar-refractivity contribution is -0.131. The molecular formula is C11H24N2O3. The van der Waals surface area contributed by atoms with Crippen molar-refractivity contribution >= 4 is 5.97 Å². The van der Waals surface area contributed by atoms with Crippen molar-refractivity contribution in [3.8, 4) is 0 Å². The summed E-state index contributed by atoms with van der Waals surface area (Å²) in [6, 6.07) is 0. The summed E-state index contributed by atoms with van der Waals surface area (Å²) in [6.45, 7) is 4.66. The van der Waals surface area contributed by atoms with E-state index < -0.39 is 5.97 Å². The zero-order valence-electron chi connectivity index (χ0n) is 9.98. The van der Waals surface area contributed by atoms with Gasteiger partial charge in [-0.2, -0.15) is 0 Å². The Labute approximate surface area is 97.3 Å². The van der Waals surface area contributed by atoms with Crippen molar-refractivity contribution in [1.82, 2.24) is 5.32 Å². The minimum absolute atomic E-state index is 0.282. The van der Waals surface area contributed by atoms with Crippen LogP contribution in [0.25, 0.3) is 0 Å². The molecule has 0 aliphatic heterocycles. The van der Waals surface area contributed by atoms with Gasteiger partial charge in [-0.3, -0.25) is 0 Å². The highest BCUT2D eigenvalue weighted by Gasteiger charge is 1.85. The molecule has 0 bridgehead atoms. The third-order valence-electron chi connectivity index (χ3n) is 1.63. The van der Waals surface area contributed by atoms with Crippen LogP contribution in [0.5, 0.6) is 0 Å². The molecule has 0 saturated heterocycles. The highest BCUT2D eigenvalue weighted by Crippen LogP contribution is 1.82. The largest absolute Gasteiger partial charge is 0.478 e. The van der Waals surface area contributed by atoms with Gasteiger partial charge in [0.05, 0.1) is 0 Å². The van der Waals surface area contributed by atoms with Crippen LogP contribution in [0.2, 0.25) is 0 Å². The number of aliphatic hydroxyl groups is 1. The summed E-state index contributed by atoms with van der Waals surface area (Å²) in [4.78, 5) is 9.51. The minimum Gasteiger partial charge on any atom is -0.478 e. The molecule has 5 nitrogen and oxygen atoms in total. The highest BCUT2D eigenvalue weighted by molar-refractivity contribution is 5.79. The SMILES string of the molecule is C/C=C/C(=O)O.NCCCCNCCCO. The van der Waals surface area contributed by atoms with E-state index in [1.807, 2.05) is 0 Å². The first-order valence-electron chi connectivity index (χ1n) is 5.56. The summed E-state index contributed by atoms with van der Waals surface area (Å²) in [5.74, 6) is -0.891. The van der Waals surface area contributed by atoms with Crippen molar-refractivity contribution in [2.45, 2.75) is 26.2 Å². The molecule has 16 heavy (non-hydrogen) atoms. The quantitative estimate of drug-likeness (QED) is 0.357. The molecule has 5 heteroatoms. The molecule has 0 aromatic heterocycles. The second-order valence-corrected chi connectivity index (χ2v) is 3.16. The van der Waals surface area contributed by atoms with Crippen molar-refractivity contribution < 1.29 is 15.0 Å². The molecule has 0 rings (SSSR count). The number of allylic oxidation sites excluding steroid dienone is 1. The number of nitrogens with two attached hydrogens (primary N) is 1. The zero-order chi connectivity index (χ0) is 12.6. The maximum Gasteiger partial charge on any atom is 0.327 e. The molecule has 96 valence electrons. The van der Waals surface area contributed by atoms with Crippen LogP contribution in [0.15, 0.2) is 12.2 Å². The van der Waals surface area contributed by atoms with Gasteiger partial charge in [0, 0.05) is 12.7 Å². The van der Waals surface area contributed by atoms with Crippen LogP contribution in [-0.2, 0) is 4.79 Å². The number of aliphatic hydroxyl groups excluding tert-OH is 1. The third kappa shape index (κ3) is 23.2. The van der Waals surface area contributed by atoms with Gasteiger partial charge in [0.25, 0.3) is 0 Å². The molecule has 5 N–H and O–H groups in total. The Morgan fingerprint density at radius 1 is 1.31 bits per heavy atom. The molecule has 0 aliphatic carbocycles. The summed E-state index contributed by atoms with van der Waals surface area (Å²) >= 11 is 0. The molecule has 0 aromatic carbocycles. The zero-order valence-corrected chi connectivity index (χ0v) is 9.98. The maximum atomic E-state index is 9.51. The topological polar surface area (TPSA) is 95.6 Å². The van der Waals surface area contributed by atoms with Crippen LogP contribution in [0.1, 0.15) is 26.2 Å². The van der Waals surface area contributed by atoms with E-state index in [1.165, 1.54) is 6.08 Å². The second kappa shape index (κ2) is 16.5. The summed E-state index contributed by atoms with van der Waals surface area (Å²) in [5, 5.41) is 19.4. The Bertz CT molecular complexity index is 165. The first kappa shape index (κ1) is 17.5. The van der Waals surface area contributed by atoms with E-state index in [-0.39, 0.29) is 6.61 Å².